The summed E-state index contributed by atoms with van der Waals surface area (Å²) < 4.78 is 0. The van der Waals surface area contributed by atoms with Crippen LogP contribution in [0.25, 0.3) is 10.6 Å². The third kappa shape index (κ3) is 4.98. The summed E-state index contributed by atoms with van der Waals surface area (Å²) in [6.45, 7) is 4.79. The minimum absolute atomic E-state index is 0.105. The number of nitrogens with zero attached hydrogens (tertiary/aromatic N) is 3. The average Bonchev–Trinajstić information content (AvgIpc) is 3.26. The van der Waals surface area contributed by atoms with Gasteiger partial charge in [-0.1, -0.05) is 12.1 Å². The lowest BCUT2D eigenvalue weighted by Gasteiger charge is -2.34. The molecule has 2 N–H and O–H groups in total. The molecule has 2 aromatic carbocycles. The Morgan fingerprint density at radius 1 is 1.07 bits per heavy atom. The molecule has 1 aliphatic rings. The van der Waals surface area contributed by atoms with Crippen LogP contribution in [0.1, 0.15) is 15.2 Å². The van der Waals surface area contributed by atoms with Gasteiger partial charge in [-0.15, -0.1) is 11.3 Å². The first kappa shape index (κ1) is 20.4. The molecule has 0 saturated carbocycles. The number of phenolic OH excluding ortho intramolecular Hbond substituents is 1. The van der Waals surface area contributed by atoms with Gasteiger partial charge in [0.1, 0.15) is 15.6 Å². The number of carbonyl (C=O) groups excluding carboxylic acids is 1. The molecule has 0 unspecified atom stereocenters. The van der Waals surface area contributed by atoms with Crippen LogP contribution in [0.3, 0.4) is 0 Å². The first-order valence-electron chi connectivity index (χ1n) is 10.1. The van der Waals surface area contributed by atoms with E-state index >= 15 is 0 Å². The van der Waals surface area contributed by atoms with Crippen LogP contribution in [0.15, 0.2) is 54.7 Å². The second-order valence-electron chi connectivity index (χ2n) is 7.54. The van der Waals surface area contributed by atoms with E-state index in [0.717, 1.165) is 42.3 Å². The number of piperazine rings is 1. The van der Waals surface area contributed by atoms with Crippen LogP contribution in [0, 0.1) is 0 Å². The van der Waals surface area contributed by atoms with Gasteiger partial charge in [-0.2, -0.15) is 0 Å². The lowest BCUT2D eigenvalue weighted by molar-refractivity contribution is 0.0958. The highest BCUT2D eigenvalue weighted by molar-refractivity contribution is 7.16. The van der Waals surface area contributed by atoms with Crippen LogP contribution in [-0.4, -0.2) is 60.7 Å². The van der Waals surface area contributed by atoms with Gasteiger partial charge in [-0.3, -0.25) is 4.79 Å². The maximum atomic E-state index is 12.4. The van der Waals surface area contributed by atoms with Crippen LogP contribution in [-0.2, 0) is 6.42 Å². The first-order chi connectivity index (χ1) is 14.6. The van der Waals surface area contributed by atoms with Gasteiger partial charge in [0.25, 0.3) is 5.91 Å². The predicted octanol–water partition coefficient (Wildman–Crippen LogP) is 3.24. The largest absolute Gasteiger partial charge is 0.508 e. The number of hydrogen-bond acceptors (Lipinski definition) is 6. The van der Waals surface area contributed by atoms with Crippen molar-refractivity contribution < 1.29 is 9.90 Å². The molecule has 156 valence electrons. The van der Waals surface area contributed by atoms with E-state index in [4.69, 9.17) is 0 Å². The van der Waals surface area contributed by atoms with Crippen LogP contribution in [0.2, 0.25) is 0 Å². The maximum absolute atomic E-state index is 12.4. The molecule has 4 rings (SSSR count). The minimum atomic E-state index is -0.105. The number of hydrogen-bond donors (Lipinski definition) is 2. The Balaban J connectivity index is 1.32. The van der Waals surface area contributed by atoms with Crippen molar-refractivity contribution >= 4 is 22.9 Å². The van der Waals surface area contributed by atoms with Crippen molar-refractivity contribution in [3.05, 3.63) is 65.2 Å². The Labute approximate surface area is 180 Å². The molecule has 1 fully saturated rings. The molecule has 0 radical (unpaired) electrons. The SMILES string of the molecule is CN1CCN(c2ccc(-c3ncc(C(=O)NCCc4ccc(O)cc4)s3)cc2)CC1. The summed E-state index contributed by atoms with van der Waals surface area (Å²) in [5.41, 5.74) is 3.33. The van der Waals surface area contributed by atoms with Gasteiger partial charge in [0.2, 0.25) is 0 Å². The Morgan fingerprint density at radius 3 is 2.47 bits per heavy atom. The summed E-state index contributed by atoms with van der Waals surface area (Å²) in [7, 11) is 2.16. The molecular formula is C23H26N4O2S. The Morgan fingerprint density at radius 2 is 1.77 bits per heavy atom. The standard InChI is InChI=1S/C23H26N4O2S/c1-26-12-14-27(15-13-26)19-6-4-18(5-7-19)23-25-16-21(30-23)22(29)24-11-10-17-2-8-20(28)9-3-17/h2-9,16,28H,10-15H2,1H3,(H,24,29). The van der Waals surface area contributed by atoms with Crippen molar-refractivity contribution in [3.63, 3.8) is 0 Å². The van der Waals surface area contributed by atoms with E-state index < -0.39 is 0 Å². The number of thiazole rings is 1. The lowest BCUT2D eigenvalue weighted by Crippen LogP contribution is -2.44. The van der Waals surface area contributed by atoms with Gasteiger partial charge in [0, 0.05) is 44.0 Å². The molecule has 0 aliphatic carbocycles. The molecular weight excluding hydrogens is 396 g/mol. The normalized spacial score (nSPS) is 14.6. The Hall–Kier alpha value is -2.90. The fraction of sp³-hybridized carbons (Fsp3) is 0.304. The predicted molar refractivity (Wildman–Crippen MR) is 121 cm³/mol. The number of likely N-dealkylation sites (N-methyl/N-ethyl adjacent to an activating group) is 1. The Bertz CT molecular complexity index is 977. The van der Waals surface area contributed by atoms with E-state index in [1.54, 1.807) is 18.3 Å². The molecule has 1 aromatic heterocycles. The topological polar surface area (TPSA) is 68.7 Å². The molecule has 7 heteroatoms. The van der Waals surface area contributed by atoms with Gasteiger partial charge >= 0.3 is 0 Å². The number of rotatable bonds is 6. The Kier molecular flexibility index (Phi) is 6.30. The van der Waals surface area contributed by atoms with Gasteiger partial charge in [-0.05, 0) is 55.4 Å². The lowest BCUT2D eigenvalue weighted by atomic mass is 10.1. The summed E-state index contributed by atoms with van der Waals surface area (Å²) in [5.74, 6) is 0.142. The number of nitrogens with one attached hydrogen (secondary N) is 1. The molecule has 1 saturated heterocycles. The zero-order valence-electron chi connectivity index (χ0n) is 17.0. The van der Waals surface area contributed by atoms with Crippen LogP contribution in [0.5, 0.6) is 5.75 Å². The number of benzene rings is 2. The molecule has 2 heterocycles. The van der Waals surface area contributed by atoms with Crippen LogP contribution < -0.4 is 10.2 Å². The van der Waals surface area contributed by atoms with Crippen molar-refractivity contribution in [1.29, 1.82) is 0 Å². The smallest absolute Gasteiger partial charge is 0.263 e. The highest BCUT2D eigenvalue weighted by Gasteiger charge is 2.15. The number of aromatic nitrogens is 1. The summed E-state index contributed by atoms with van der Waals surface area (Å²) in [6.07, 6.45) is 2.36. The third-order valence-electron chi connectivity index (χ3n) is 5.35. The molecule has 3 aromatic rings. The summed E-state index contributed by atoms with van der Waals surface area (Å²) in [4.78, 5) is 22.2. The second-order valence-corrected chi connectivity index (χ2v) is 8.57. The number of anilines is 1. The van der Waals surface area contributed by atoms with E-state index in [9.17, 15) is 9.90 Å². The van der Waals surface area contributed by atoms with E-state index in [1.807, 2.05) is 12.1 Å². The average molecular weight is 423 g/mol. The monoisotopic (exact) mass is 422 g/mol. The fourth-order valence-electron chi connectivity index (χ4n) is 3.46. The number of aromatic hydroxyl groups is 1. The van der Waals surface area contributed by atoms with E-state index in [0.29, 0.717) is 17.8 Å². The zero-order valence-corrected chi connectivity index (χ0v) is 17.9. The highest BCUT2D eigenvalue weighted by Crippen LogP contribution is 2.27. The highest BCUT2D eigenvalue weighted by atomic mass is 32.1. The van der Waals surface area contributed by atoms with Gasteiger partial charge < -0.3 is 20.2 Å². The number of amides is 1. The third-order valence-corrected chi connectivity index (χ3v) is 6.39. The van der Waals surface area contributed by atoms with E-state index in [1.165, 1.54) is 17.0 Å². The van der Waals surface area contributed by atoms with Gasteiger partial charge in [0.15, 0.2) is 0 Å². The minimum Gasteiger partial charge on any atom is -0.508 e. The first-order valence-corrected chi connectivity index (χ1v) is 11.0. The van der Waals surface area contributed by atoms with Crippen LogP contribution >= 0.6 is 11.3 Å². The molecule has 0 spiro atoms. The van der Waals surface area contributed by atoms with Crippen molar-refractivity contribution in [1.82, 2.24) is 15.2 Å². The number of phenols is 1. The number of carbonyl (C=O) groups is 1. The van der Waals surface area contributed by atoms with E-state index in [2.05, 4.69) is 51.4 Å². The molecule has 6 nitrogen and oxygen atoms in total. The molecule has 30 heavy (non-hydrogen) atoms. The second kappa shape index (κ2) is 9.28. The summed E-state index contributed by atoms with van der Waals surface area (Å²) in [6, 6.07) is 15.5. The summed E-state index contributed by atoms with van der Waals surface area (Å²) >= 11 is 1.41. The zero-order chi connectivity index (χ0) is 20.9. The van der Waals surface area contributed by atoms with Gasteiger partial charge in [-0.25, -0.2) is 4.98 Å². The maximum Gasteiger partial charge on any atom is 0.263 e. The molecule has 1 amide bonds. The van der Waals surface area contributed by atoms with Crippen molar-refractivity contribution in [2.24, 2.45) is 0 Å². The van der Waals surface area contributed by atoms with Crippen LogP contribution in [0.4, 0.5) is 5.69 Å². The molecule has 0 bridgehead atoms. The molecule has 1 aliphatic heterocycles. The van der Waals surface area contributed by atoms with Crippen molar-refractivity contribution in [3.8, 4) is 16.3 Å². The van der Waals surface area contributed by atoms with Crippen molar-refractivity contribution in [2.75, 3.05) is 44.7 Å². The fourth-order valence-corrected chi connectivity index (χ4v) is 4.30. The molecule has 0 atom stereocenters. The van der Waals surface area contributed by atoms with Gasteiger partial charge in [0.05, 0.1) is 6.20 Å². The quantitative estimate of drug-likeness (QED) is 0.638. The van der Waals surface area contributed by atoms with E-state index in [-0.39, 0.29) is 11.7 Å². The summed E-state index contributed by atoms with van der Waals surface area (Å²) in [5, 5.41) is 13.1. The van der Waals surface area contributed by atoms with Crippen molar-refractivity contribution in [2.45, 2.75) is 6.42 Å².